The first-order chi connectivity index (χ1) is 13.9. The van der Waals surface area contributed by atoms with Gasteiger partial charge in [-0.3, -0.25) is 19.9 Å². The molecule has 0 bridgehead atoms. The number of nitrogens with zero attached hydrogens (tertiary/aromatic N) is 4. The second-order valence-corrected chi connectivity index (χ2v) is 6.43. The van der Waals surface area contributed by atoms with E-state index >= 15 is 0 Å². The largest absolute Gasteiger partial charge is 0.254 e. The molecule has 4 aromatic heterocycles. The summed E-state index contributed by atoms with van der Waals surface area (Å²) >= 11 is 0. The molecule has 29 heavy (non-hydrogen) atoms. The molecule has 0 spiro atoms. The van der Waals surface area contributed by atoms with Crippen LogP contribution in [0.4, 0.5) is 0 Å². The van der Waals surface area contributed by atoms with Crippen LogP contribution in [0.1, 0.15) is 0 Å². The Morgan fingerprint density at radius 1 is 0.345 bits per heavy atom. The van der Waals surface area contributed by atoms with Crippen molar-refractivity contribution < 1.29 is 19.8 Å². The van der Waals surface area contributed by atoms with Crippen LogP contribution in [0.3, 0.4) is 0 Å². The molecule has 6 rings (SSSR count). The minimum atomic E-state index is 0. The molecule has 0 radical (unpaired) electrons. The molecule has 4 heterocycles. The fourth-order valence-electron chi connectivity index (χ4n) is 3.36. The fourth-order valence-corrected chi connectivity index (χ4v) is 3.36. The van der Waals surface area contributed by atoms with E-state index in [0.717, 1.165) is 43.6 Å². The average molecular weight is 551 g/mol. The van der Waals surface area contributed by atoms with E-state index in [4.69, 9.17) is 0 Å². The van der Waals surface area contributed by atoms with Crippen LogP contribution in [0.25, 0.3) is 43.6 Å². The van der Waals surface area contributed by atoms with Gasteiger partial charge in [0.15, 0.2) is 0 Å². The Labute approximate surface area is 180 Å². The summed E-state index contributed by atoms with van der Waals surface area (Å²) in [5.41, 5.74) is 3.91. The zero-order valence-corrected chi connectivity index (χ0v) is 17.9. The molecule has 140 valence electrons. The van der Waals surface area contributed by atoms with E-state index in [0.29, 0.717) is 0 Å². The van der Waals surface area contributed by atoms with Crippen LogP contribution in [0.15, 0.2) is 97.6 Å². The minimum absolute atomic E-state index is 0. The molecule has 5 heteroatoms. The SMILES string of the molecule is [Os].c1cnc2c(c1)ccc1cccnc12.c1cnc2c(c1)ccc1cccnc12. The number of hydrogen-bond acceptors (Lipinski definition) is 4. The zero-order valence-electron chi connectivity index (χ0n) is 15.4. The quantitative estimate of drug-likeness (QED) is 0.232. The van der Waals surface area contributed by atoms with Gasteiger partial charge in [-0.05, 0) is 24.3 Å². The second kappa shape index (κ2) is 8.39. The van der Waals surface area contributed by atoms with Crippen molar-refractivity contribution in [3.05, 3.63) is 97.6 Å². The van der Waals surface area contributed by atoms with Gasteiger partial charge in [0.2, 0.25) is 0 Å². The fraction of sp³-hybridized carbons (Fsp3) is 0. The normalized spacial score (nSPS) is 10.5. The van der Waals surface area contributed by atoms with Crippen molar-refractivity contribution >= 4 is 43.6 Å². The van der Waals surface area contributed by atoms with E-state index in [1.165, 1.54) is 0 Å². The van der Waals surface area contributed by atoms with Crippen molar-refractivity contribution in [1.29, 1.82) is 0 Å². The third-order valence-electron chi connectivity index (χ3n) is 4.69. The van der Waals surface area contributed by atoms with E-state index in [2.05, 4.69) is 68.5 Å². The predicted octanol–water partition coefficient (Wildman–Crippen LogP) is 5.56. The molecule has 0 amide bonds. The third-order valence-corrected chi connectivity index (χ3v) is 4.69. The molecule has 0 fully saturated rings. The molecule has 0 unspecified atom stereocenters. The Hall–Kier alpha value is -3.28. The third kappa shape index (κ3) is 3.70. The molecular weight excluding hydrogens is 535 g/mol. The molecule has 0 N–H and O–H groups in total. The van der Waals surface area contributed by atoms with Gasteiger partial charge in [-0.25, -0.2) is 0 Å². The van der Waals surface area contributed by atoms with Crippen LogP contribution in [-0.2, 0) is 19.8 Å². The number of pyridine rings is 4. The van der Waals surface area contributed by atoms with Gasteiger partial charge in [-0.15, -0.1) is 0 Å². The van der Waals surface area contributed by atoms with Crippen molar-refractivity contribution in [2.45, 2.75) is 0 Å². The number of benzene rings is 2. The van der Waals surface area contributed by atoms with Crippen molar-refractivity contribution in [2.75, 3.05) is 0 Å². The van der Waals surface area contributed by atoms with Gasteiger partial charge in [0.25, 0.3) is 0 Å². The van der Waals surface area contributed by atoms with Gasteiger partial charge in [0, 0.05) is 66.1 Å². The maximum atomic E-state index is 4.35. The van der Waals surface area contributed by atoms with Crippen LogP contribution >= 0.6 is 0 Å². The maximum absolute atomic E-state index is 4.35. The standard InChI is InChI=1S/2C12H8N2.Os/c2*1-3-9-5-6-10-4-2-8-14-12(10)11(9)13-7-1;/h2*1-8H;. The predicted molar refractivity (Wildman–Crippen MR) is 114 cm³/mol. The van der Waals surface area contributed by atoms with Crippen LogP contribution in [0.5, 0.6) is 0 Å². The summed E-state index contributed by atoms with van der Waals surface area (Å²) in [7, 11) is 0. The number of aromatic nitrogens is 4. The molecule has 0 saturated carbocycles. The Morgan fingerprint density at radius 3 is 0.828 bits per heavy atom. The molecule has 0 aliphatic heterocycles. The molecule has 6 aromatic rings. The van der Waals surface area contributed by atoms with E-state index in [9.17, 15) is 0 Å². The van der Waals surface area contributed by atoms with Crippen molar-refractivity contribution in [3.63, 3.8) is 0 Å². The molecule has 4 nitrogen and oxygen atoms in total. The first-order valence-corrected chi connectivity index (χ1v) is 9.07. The summed E-state index contributed by atoms with van der Waals surface area (Å²) in [5.74, 6) is 0. The summed E-state index contributed by atoms with van der Waals surface area (Å²) in [6.45, 7) is 0. The smallest absolute Gasteiger partial charge is 0.0964 e. The molecule has 0 aliphatic carbocycles. The summed E-state index contributed by atoms with van der Waals surface area (Å²) in [4.78, 5) is 17.4. The Balaban J connectivity index is 0.000000137. The zero-order chi connectivity index (χ0) is 18.8. The summed E-state index contributed by atoms with van der Waals surface area (Å²) in [6, 6.07) is 24.3. The van der Waals surface area contributed by atoms with Gasteiger partial charge >= 0.3 is 0 Å². The van der Waals surface area contributed by atoms with Crippen molar-refractivity contribution in [3.8, 4) is 0 Å². The number of fused-ring (bicyclic) bond motifs is 6. The van der Waals surface area contributed by atoms with Gasteiger partial charge in [-0.2, -0.15) is 0 Å². The molecule has 0 aliphatic rings. The number of hydrogen-bond donors (Lipinski definition) is 0. The Kier molecular flexibility index (Phi) is 5.51. The van der Waals surface area contributed by atoms with E-state index < -0.39 is 0 Å². The molecular formula is C24H16N4Os. The summed E-state index contributed by atoms with van der Waals surface area (Å²) in [5, 5.41) is 4.55. The van der Waals surface area contributed by atoms with E-state index in [-0.39, 0.29) is 19.8 Å². The molecule has 0 atom stereocenters. The summed E-state index contributed by atoms with van der Waals surface area (Å²) in [6.07, 6.45) is 7.21. The van der Waals surface area contributed by atoms with Crippen molar-refractivity contribution in [2.24, 2.45) is 0 Å². The van der Waals surface area contributed by atoms with Gasteiger partial charge in [0.05, 0.1) is 22.1 Å². The van der Waals surface area contributed by atoms with E-state index in [1.54, 1.807) is 24.8 Å². The summed E-state index contributed by atoms with van der Waals surface area (Å²) < 4.78 is 0. The van der Waals surface area contributed by atoms with Gasteiger partial charge < -0.3 is 0 Å². The van der Waals surface area contributed by atoms with Gasteiger partial charge in [-0.1, -0.05) is 48.5 Å². The Morgan fingerprint density at radius 2 is 0.586 bits per heavy atom. The van der Waals surface area contributed by atoms with Crippen molar-refractivity contribution in [1.82, 2.24) is 19.9 Å². The average Bonchev–Trinajstić information content (AvgIpc) is 2.79. The first-order valence-electron chi connectivity index (χ1n) is 9.07. The maximum Gasteiger partial charge on any atom is 0.0964 e. The number of rotatable bonds is 0. The minimum Gasteiger partial charge on any atom is -0.254 e. The topological polar surface area (TPSA) is 51.6 Å². The molecule has 2 aromatic carbocycles. The monoisotopic (exact) mass is 552 g/mol. The van der Waals surface area contributed by atoms with Crippen LogP contribution in [-0.4, -0.2) is 19.9 Å². The second-order valence-electron chi connectivity index (χ2n) is 6.43. The van der Waals surface area contributed by atoms with Crippen LogP contribution < -0.4 is 0 Å². The molecule has 0 saturated heterocycles. The van der Waals surface area contributed by atoms with Crippen LogP contribution in [0, 0.1) is 0 Å². The first kappa shape index (κ1) is 19.1. The van der Waals surface area contributed by atoms with Crippen LogP contribution in [0.2, 0.25) is 0 Å². The van der Waals surface area contributed by atoms with E-state index in [1.807, 2.05) is 24.3 Å². The van der Waals surface area contributed by atoms with Gasteiger partial charge in [0.1, 0.15) is 0 Å². The Bertz CT molecular complexity index is 1210.